The maximum absolute atomic E-state index is 12.5. The van der Waals surface area contributed by atoms with Crippen molar-refractivity contribution in [3.05, 3.63) is 101 Å². The van der Waals surface area contributed by atoms with Crippen molar-refractivity contribution in [3.8, 4) is 0 Å². The number of rotatable bonds is 6. The molecule has 3 aromatic carbocycles. The number of amides is 1. The van der Waals surface area contributed by atoms with E-state index < -0.39 is 0 Å². The van der Waals surface area contributed by atoms with Gasteiger partial charge in [-0.2, -0.15) is 0 Å². The molecule has 0 bridgehead atoms. The van der Waals surface area contributed by atoms with Crippen LogP contribution in [0.15, 0.2) is 72.8 Å². The number of carbonyl (C=O) groups excluding carboxylic acids is 1. The lowest BCUT2D eigenvalue weighted by Crippen LogP contribution is -2.27. The van der Waals surface area contributed by atoms with Gasteiger partial charge in [-0.25, -0.2) is 4.98 Å². The molecule has 0 atom stereocenters. The molecule has 1 N–H and O–H groups in total. The normalized spacial score (nSPS) is 11.0. The number of benzene rings is 3. The van der Waals surface area contributed by atoms with Gasteiger partial charge in [-0.1, -0.05) is 54.6 Å². The fourth-order valence-electron chi connectivity index (χ4n) is 3.66. The highest BCUT2D eigenvalue weighted by Crippen LogP contribution is 2.19. The highest BCUT2D eigenvalue weighted by atomic mass is 16.1. The maximum Gasteiger partial charge on any atom is 0.251 e. The van der Waals surface area contributed by atoms with Crippen LogP contribution in [-0.2, 0) is 13.0 Å². The fourth-order valence-corrected chi connectivity index (χ4v) is 3.66. The molecule has 0 unspecified atom stereocenters. The van der Waals surface area contributed by atoms with Crippen molar-refractivity contribution in [2.75, 3.05) is 6.54 Å². The van der Waals surface area contributed by atoms with Crippen LogP contribution in [0.4, 0.5) is 0 Å². The maximum atomic E-state index is 12.5. The molecule has 4 nitrogen and oxygen atoms in total. The van der Waals surface area contributed by atoms with Crippen LogP contribution in [-0.4, -0.2) is 22.0 Å². The van der Waals surface area contributed by atoms with Gasteiger partial charge in [0.1, 0.15) is 5.82 Å². The quantitative estimate of drug-likeness (QED) is 0.526. The minimum atomic E-state index is -0.0373. The summed E-state index contributed by atoms with van der Waals surface area (Å²) in [5.41, 5.74) is 6.36. The highest BCUT2D eigenvalue weighted by Gasteiger charge is 2.13. The standard InChI is InChI=1S/C25H25N3O/c1-18-9-3-5-11-20(18)17-28-23-14-8-7-13-22(23)27-24(28)15-16-26-25(29)21-12-6-4-10-19(21)2/h3-14H,15-17H2,1-2H3,(H,26,29). The van der Waals surface area contributed by atoms with Crippen LogP contribution in [0.5, 0.6) is 0 Å². The summed E-state index contributed by atoms with van der Waals surface area (Å²) in [5.74, 6) is 0.948. The van der Waals surface area contributed by atoms with E-state index in [-0.39, 0.29) is 5.91 Å². The molecule has 4 heteroatoms. The Labute approximate surface area is 171 Å². The van der Waals surface area contributed by atoms with Gasteiger partial charge in [-0.15, -0.1) is 0 Å². The highest BCUT2D eigenvalue weighted by molar-refractivity contribution is 5.95. The molecule has 0 fully saturated rings. The number of nitrogens with one attached hydrogen (secondary N) is 1. The summed E-state index contributed by atoms with van der Waals surface area (Å²) in [6.45, 7) is 5.41. The average Bonchev–Trinajstić information content (AvgIpc) is 3.07. The summed E-state index contributed by atoms with van der Waals surface area (Å²) in [5, 5.41) is 3.04. The third-order valence-corrected chi connectivity index (χ3v) is 5.35. The number of nitrogens with zero attached hydrogens (tertiary/aromatic N) is 2. The summed E-state index contributed by atoms with van der Waals surface area (Å²) >= 11 is 0. The van der Waals surface area contributed by atoms with Crippen LogP contribution >= 0.6 is 0 Å². The van der Waals surface area contributed by atoms with E-state index in [0.29, 0.717) is 13.0 Å². The van der Waals surface area contributed by atoms with Crippen LogP contribution in [0.1, 0.15) is 32.9 Å². The molecule has 0 aliphatic heterocycles. The molecular formula is C25H25N3O. The van der Waals surface area contributed by atoms with Gasteiger partial charge in [0, 0.05) is 25.1 Å². The first kappa shape index (κ1) is 18.9. The predicted octanol–water partition coefficient (Wildman–Crippen LogP) is 4.67. The van der Waals surface area contributed by atoms with E-state index >= 15 is 0 Å². The molecule has 1 amide bonds. The number of aryl methyl sites for hydroxylation is 2. The van der Waals surface area contributed by atoms with Crippen molar-refractivity contribution in [1.29, 1.82) is 0 Å². The van der Waals surface area contributed by atoms with Gasteiger partial charge in [0.25, 0.3) is 5.91 Å². The SMILES string of the molecule is Cc1ccccc1Cn1c(CCNC(=O)c2ccccc2C)nc2ccccc21. The molecule has 4 rings (SSSR count). The third-order valence-electron chi connectivity index (χ3n) is 5.35. The summed E-state index contributed by atoms with van der Waals surface area (Å²) in [4.78, 5) is 17.3. The van der Waals surface area contributed by atoms with Gasteiger partial charge in [0.15, 0.2) is 0 Å². The second-order valence-corrected chi connectivity index (χ2v) is 7.35. The summed E-state index contributed by atoms with van der Waals surface area (Å²) in [6, 6.07) is 24.3. The lowest BCUT2D eigenvalue weighted by Gasteiger charge is -2.12. The Kier molecular flexibility index (Phi) is 5.43. The molecule has 4 aromatic rings. The Morgan fingerprint density at radius 2 is 1.59 bits per heavy atom. The number of para-hydroxylation sites is 2. The fraction of sp³-hybridized carbons (Fsp3) is 0.200. The minimum absolute atomic E-state index is 0.0373. The number of imidazole rings is 1. The van der Waals surface area contributed by atoms with Crippen molar-refractivity contribution in [2.24, 2.45) is 0 Å². The van der Waals surface area contributed by atoms with Gasteiger partial charge in [0.05, 0.1) is 11.0 Å². The monoisotopic (exact) mass is 383 g/mol. The molecule has 1 aromatic heterocycles. The largest absolute Gasteiger partial charge is 0.352 e. The van der Waals surface area contributed by atoms with E-state index in [9.17, 15) is 4.79 Å². The number of aromatic nitrogens is 2. The second kappa shape index (κ2) is 8.31. The van der Waals surface area contributed by atoms with E-state index in [1.165, 1.54) is 11.1 Å². The zero-order valence-electron chi connectivity index (χ0n) is 16.9. The third kappa shape index (κ3) is 4.06. The van der Waals surface area contributed by atoms with Crippen molar-refractivity contribution in [2.45, 2.75) is 26.8 Å². The Morgan fingerprint density at radius 1 is 0.897 bits per heavy atom. The Balaban J connectivity index is 1.55. The van der Waals surface area contributed by atoms with Crippen LogP contribution < -0.4 is 5.32 Å². The molecule has 0 aliphatic rings. The zero-order valence-corrected chi connectivity index (χ0v) is 16.9. The van der Waals surface area contributed by atoms with Crippen LogP contribution in [0.3, 0.4) is 0 Å². The Bertz CT molecular complexity index is 1160. The second-order valence-electron chi connectivity index (χ2n) is 7.35. The molecular weight excluding hydrogens is 358 g/mol. The number of hydrogen-bond donors (Lipinski definition) is 1. The minimum Gasteiger partial charge on any atom is -0.352 e. The van der Waals surface area contributed by atoms with Gasteiger partial charge < -0.3 is 9.88 Å². The lowest BCUT2D eigenvalue weighted by atomic mass is 10.1. The number of carbonyl (C=O) groups is 1. The van der Waals surface area contributed by atoms with E-state index in [1.807, 2.05) is 49.4 Å². The molecule has 0 aliphatic carbocycles. The molecule has 0 spiro atoms. The van der Waals surface area contributed by atoms with Crippen molar-refractivity contribution in [3.63, 3.8) is 0 Å². The smallest absolute Gasteiger partial charge is 0.251 e. The van der Waals surface area contributed by atoms with Crippen molar-refractivity contribution >= 4 is 16.9 Å². The van der Waals surface area contributed by atoms with Gasteiger partial charge >= 0.3 is 0 Å². The summed E-state index contributed by atoms with van der Waals surface area (Å²) in [7, 11) is 0. The first-order valence-corrected chi connectivity index (χ1v) is 9.96. The summed E-state index contributed by atoms with van der Waals surface area (Å²) in [6.07, 6.45) is 0.679. The molecule has 0 radical (unpaired) electrons. The number of hydrogen-bond acceptors (Lipinski definition) is 2. The average molecular weight is 383 g/mol. The van der Waals surface area contributed by atoms with E-state index in [2.05, 4.69) is 47.1 Å². The van der Waals surface area contributed by atoms with Crippen LogP contribution in [0.25, 0.3) is 11.0 Å². The lowest BCUT2D eigenvalue weighted by molar-refractivity contribution is 0.0953. The Morgan fingerprint density at radius 3 is 2.38 bits per heavy atom. The molecule has 29 heavy (non-hydrogen) atoms. The van der Waals surface area contributed by atoms with Crippen LogP contribution in [0.2, 0.25) is 0 Å². The molecule has 0 saturated heterocycles. The summed E-state index contributed by atoms with van der Waals surface area (Å²) < 4.78 is 2.26. The first-order chi connectivity index (χ1) is 14.1. The van der Waals surface area contributed by atoms with Crippen LogP contribution in [0, 0.1) is 13.8 Å². The van der Waals surface area contributed by atoms with Gasteiger partial charge in [-0.3, -0.25) is 4.79 Å². The number of fused-ring (bicyclic) bond motifs is 1. The van der Waals surface area contributed by atoms with Gasteiger partial charge in [-0.05, 0) is 48.7 Å². The Hall–Kier alpha value is -3.40. The van der Waals surface area contributed by atoms with E-state index in [1.54, 1.807) is 0 Å². The topological polar surface area (TPSA) is 46.9 Å². The van der Waals surface area contributed by atoms with E-state index in [4.69, 9.17) is 4.98 Å². The predicted molar refractivity (Wildman–Crippen MR) is 117 cm³/mol. The zero-order chi connectivity index (χ0) is 20.2. The molecule has 1 heterocycles. The van der Waals surface area contributed by atoms with Crippen molar-refractivity contribution in [1.82, 2.24) is 14.9 Å². The molecule has 146 valence electrons. The molecule has 0 saturated carbocycles. The van der Waals surface area contributed by atoms with E-state index in [0.717, 1.165) is 34.5 Å². The first-order valence-electron chi connectivity index (χ1n) is 9.96. The van der Waals surface area contributed by atoms with Gasteiger partial charge in [0.2, 0.25) is 0 Å². The van der Waals surface area contributed by atoms with Crippen molar-refractivity contribution < 1.29 is 4.79 Å².